The largest absolute Gasteiger partial charge is 0.400 e. The molecule has 0 radical (unpaired) electrons. The third-order valence-electron chi connectivity index (χ3n) is 5.37. The van der Waals surface area contributed by atoms with Crippen LogP contribution in [-0.2, 0) is 0 Å². The number of nitrogens with zero attached hydrogens (tertiary/aromatic N) is 2. The molecule has 6 nitrogen and oxygen atoms in total. The first-order valence-electron chi connectivity index (χ1n) is 10.7. The molecule has 0 spiro atoms. The van der Waals surface area contributed by atoms with Crippen molar-refractivity contribution in [3.05, 3.63) is 71.2 Å². The van der Waals surface area contributed by atoms with Crippen molar-refractivity contribution < 1.29 is 19.8 Å². The van der Waals surface area contributed by atoms with Gasteiger partial charge < -0.3 is 10.4 Å². The smallest absolute Gasteiger partial charge is 0.322 e. The van der Waals surface area contributed by atoms with E-state index in [-0.39, 0.29) is 11.9 Å². The van der Waals surface area contributed by atoms with Gasteiger partial charge in [0.25, 0.3) is 5.52 Å². The summed E-state index contributed by atoms with van der Waals surface area (Å²) in [5.41, 5.74) is 4.25. The zero-order valence-corrected chi connectivity index (χ0v) is 18.9. The average Bonchev–Trinajstić information content (AvgIpc) is 2.80. The Kier molecular flexibility index (Phi) is 9.40. The second-order valence-electron chi connectivity index (χ2n) is 7.83. The Morgan fingerprint density at radius 2 is 1.71 bits per heavy atom. The monoisotopic (exact) mass is 424 g/mol. The molecule has 0 atom stereocenters. The van der Waals surface area contributed by atoms with Gasteiger partial charge in [-0.15, -0.1) is 0 Å². The van der Waals surface area contributed by atoms with Gasteiger partial charge in [-0.3, -0.25) is 15.0 Å². The molecular weight excluding hydrogens is 390 g/mol. The molecule has 0 saturated heterocycles. The fourth-order valence-corrected chi connectivity index (χ4v) is 3.68. The summed E-state index contributed by atoms with van der Waals surface area (Å²) in [5.74, 6) is -0.196. The predicted molar refractivity (Wildman–Crippen MR) is 122 cm³/mol. The lowest BCUT2D eigenvalue weighted by Gasteiger charge is -2.21. The summed E-state index contributed by atoms with van der Waals surface area (Å²) in [4.78, 5) is 16.5. The third-order valence-corrected chi connectivity index (χ3v) is 5.37. The molecular formula is C25H34N3O3+. The maximum Gasteiger partial charge on any atom is 0.322 e. The topological polar surface area (TPSA) is 86.3 Å². The van der Waals surface area contributed by atoms with Crippen LogP contribution in [0.25, 0.3) is 10.9 Å². The Hall–Kier alpha value is -2.99. The van der Waals surface area contributed by atoms with E-state index in [0.717, 1.165) is 41.3 Å². The van der Waals surface area contributed by atoms with E-state index in [2.05, 4.69) is 16.4 Å². The van der Waals surface area contributed by atoms with Crippen LogP contribution >= 0.6 is 0 Å². The van der Waals surface area contributed by atoms with E-state index in [9.17, 15) is 10.0 Å². The molecule has 31 heavy (non-hydrogen) atoms. The van der Waals surface area contributed by atoms with Gasteiger partial charge in [0.2, 0.25) is 0 Å². The first-order chi connectivity index (χ1) is 15.0. The van der Waals surface area contributed by atoms with Gasteiger partial charge >= 0.3 is 11.6 Å². The van der Waals surface area contributed by atoms with E-state index in [0.29, 0.717) is 11.2 Å². The Morgan fingerprint density at radius 3 is 2.32 bits per heavy atom. The molecule has 2 heterocycles. The number of para-hydroxylation sites is 1. The van der Waals surface area contributed by atoms with Crippen LogP contribution in [0.15, 0.2) is 48.7 Å². The van der Waals surface area contributed by atoms with Crippen LogP contribution in [0.4, 0.5) is 0 Å². The van der Waals surface area contributed by atoms with Crippen LogP contribution in [0, 0.1) is 20.8 Å². The molecule has 4 rings (SSSR count). The third kappa shape index (κ3) is 6.76. The van der Waals surface area contributed by atoms with E-state index in [1.807, 2.05) is 57.3 Å². The predicted octanol–water partition coefficient (Wildman–Crippen LogP) is 4.04. The zero-order valence-electron chi connectivity index (χ0n) is 18.9. The Morgan fingerprint density at radius 1 is 1.03 bits per heavy atom. The van der Waals surface area contributed by atoms with E-state index in [1.165, 1.54) is 24.8 Å². The second-order valence-corrected chi connectivity index (χ2v) is 7.83. The van der Waals surface area contributed by atoms with E-state index < -0.39 is 0 Å². The molecule has 1 aliphatic rings. The van der Waals surface area contributed by atoms with Crippen molar-refractivity contribution in [2.45, 2.75) is 58.9 Å². The number of fused-ring (bicyclic) bond motifs is 1. The molecule has 0 aliphatic heterocycles. The lowest BCUT2D eigenvalue weighted by molar-refractivity contribution is -0.885. The highest BCUT2D eigenvalue weighted by Crippen LogP contribution is 2.19. The maximum atomic E-state index is 12.4. The number of carbonyl (C=O) groups excluding carboxylic acids is 1. The van der Waals surface area contributed by atoms with Gasteiger partial charge in [-0.25, -0.2) is 0 Å². The lowest BCUT2D eigenvalue weighted by atomic mass is 9.95. The summed E-state index contributed by atoms with van der Waals surface area (Å²) < 4.78 is 1.00. The molecule has 2 aromatic heterocycles. The van der Waals surface area contributed by atoms with Crippen LogP contribution in [0.1, 0.15) is 59.4 Å². The molecule has 3 aromatic rings. The van der Waals surface area contributed by atoms with Crippen molar-refractivity contribution in [3.63, 3.8) is 0 Å². The molecule has 3 N–H and O–H groups in total. The average molecular weight is 425 g/mol. The van der Waals surface area contributed by atoms with Crippen molar-refractivity contribution in [1.29, 1.82) is 0 Å². The summed E-state index contributed by atoms with van der Waals surface area (Å²) >= 11 is 0. The highest BCUT2D eigenvalue weighted by atomic mass is 16.5. The van der Waals surface area contributed by atoms with Gasteiger partial charge in [-0.05, 0) is 56.9 Å². The number of amides is 1. The molecule has 1 fully saturated rings. The number of carbonyl (C=O) groups is 1. The van der Waals surface area contributed by atoms with Gasteiger partial charge in [0.1, 0.15) is 0 Å². The number of aliphatic hydroxyl groups excluding tert-OH is 1. The first kappa shape index (κ1) is 24.3. The number of rotatable bonds is 2. The van der Waals surface area contributed by atoms with Crippen molar-refractivity contribution in [1.82, 2.24) is 10.3 Å². The molecule has 0 unspecified atom stereocenters. The summed E-state index contributed by atoms with van der Waals surface area (Å²) in [6, 6.07) is 13.6. The maximum absolute atomic E-state index is 12.4. The summed E-state index contributed by atoms with van der Waals surface area (Å²) in [6.45, 7) is 5.98. The van der Waals surface area contributed by atoms with E-state index in [4.69, 9.17) is 5.11 Å². The number of aliphatic hydroxyl groups is 1. The molecule has 1 amide bonds. The number of aryl methyl sites for hydroxylation is 3. The normalized spacial score (nSPS) is 13.5. The quantitative estimate of drug-likeness (QED) is 0.428. The fourth-order valence-electron chi connectivity index (χ4n) is 3.68. The van der Waals surface area contributed by atoms with Crippen LogP contribution < -0.4 is 10.0 Å². The minimum absolute atomic E-state index is 0.196. The summed E-state index contributed by atoms with van der Waals surface area (Å²) in [7, 11) is 1.00. The number of hydrogen-bond acceptors (Lipinski definition) is 4. The number of benzene rings is 1. The van der Waals surface area contributed by atoms with Gasteiger partial charge in [-0.1, -0.05) is 37.5 Å². The van der Waals surface area contributed by atoms with Gasteiger partial charge in [0.05, 0.1) is 5.39 Å². The van der Waals surface area contributed by atoms with Crippen LogP contribution in [0.2, 0.25) is 0 Å². The minimum Gasteiger partial charge on any atom is -0.400 e. The van der Waals surface area contributed by atoms with Gasteiger partial charge in [-0.2, -0.15) is 0 Å². The lowest BCUT2D eigenvalue weighted by Crippen LogP contribution is -2.45. The number of hydrogen-bond donors (Lipinski definition) is 3. The van der Waals surface area contributed by atoms with Crippen LogP contribution in [-0.4, -0.2) is 34.4 Å². The first-order valence-corrected chi connectivity index (χ1v) is 10.7. The molecule has 6 heteroatoms. The standard InChI is InChI=1S/C17H20N2O2.C7H9N.CH4O/c1-12-11-16(17(20)18-13-7-3-2-4-8-13)19(21)15-10-6-5-9-14(12)15;1-6-3-4-7(2)8-5-6;1-2/h5-6,9-11,13H,2-4,7-8H2,1H3,(H-,18,20,21);3-5H,1-2H3;2H,1H3/p+1. The summed E-state index contributed by atoms with van der Waals surface area (Å²) in [6.07, 6.45) is 7.52. The fraction of sp³-hybridized carbons (Fsp3) is 0.400. The second kappa shape index (κ2) is 12.0. The molecule has 166 valence electrons. The number of nitrogens with one attached hydrogen (secondary N) is 1. The van der Waals surface area contributed by atoms with Crippen molar-refractivity contribution in [2.75, 3.05) is 7.11 Å². The molecule has 1 aliphatic carbocycles. The zero-order chi connectivity index (χ0) is 22.8. The summed E-state index contributed by atoms with van der Waals surface area (Å²) in [5, 5.41) is 21.3. The molecule has 1 saturated carbocycles. The van der Waals surface area contributed by atoms with Crippen molar-refractivity contribution in [2.24, 2.45) is 0 Å². The van der Waals surface area contributed by atoms with E-state index in [1.54, 1.807) is 6.07 Å². The van der Waals surface area contributed by atoms with Crippen LogP contribution in [0.5, 0.6) is 0 Å². The van der Waals surface area contributed by atoms with E-state index >= 15 is 0 Å². The molecule has 0 bridgehead atoms. The van der Waals surface area contributed by atoms with Crippen molar-refractivity contribution >= 4 is 16.8 Å². The van der Waals surface area contributed by atoms with Crippen molar-refractivity contribution in [3.8, 4) is 0 Å². The highest BCUT2D eigenvalue weighted by molar-refractivity contribution is 5.93. The minimum atomic E-state index is -0.196. The Labute approximate surface area is 184 Å². The Balaban J connectivity index is 0.000000286. The SMILES string of the molecule is CO.Cc1cc(C(=O)NC2CCCCC2)[n+](O)c2ccccc12.Cc1ccc(C)nc1. The van der Waals surface area contributed by atoms with Gasteiger partial charge in [0.15, 0.2) is 0 Å². The van der Waals surface area contributed by atoms with Crippen LogP contribution in [0.3, 0.4) is 0 Å². The molecule has 1 aromatic carbocycles. The Bertz CT molecular complexity index is 960. The highest BCUT2D eigenvalue weighted by Gasteiger charge is 2.26. The number of aromatic nitrogens is 2. The van der Waals surface area contributed by atoms with Gasteiger partial charge in [0, 0.05) is 41.9 Å². The number of pyridine rings is 2.